The van der Waals surface area contributed by atoms with E-state index >= 15 is 0 Å². The zero-order valence-electron chi connectivity index (χ0n) is 10.3. The van der Waals surface area contributed by atoms with Gasteiger partial charge in [-0.15, -0.1) is 0 Å². The Kier molecular flexibility index (Phi) is 5.81. The molecule has 0 heterocycles. The van der Waals surface area contributed by atoms with Gasteiger partial charge in [-0.25, -0.2) is 4.39 Å². The summed E-state index contributed by atoms with van der Waals surface area (Å²) in [5, 5.41) is 14.5. The SMILES string of the molecule is CCCNC(=O)CNCc1cc(F)ccc1C#N. The predicted molar refractivity (Wildman–Crippen MR) is 66.1 cm³/mol. The Hall–Kier alpha value is -1.93. The summed E-state index contributed by atoms with van der Waals surface area (Å²) in [6, 6.07) is 5.97. The minimum atomic E-state index is -0.388. The Morgan fingerprint density at radius 2 is 2.28 bits per heavy atom. The highest BCUT2D eigenvalue weighted by Gasteiger charge is 2.05. The number of carbonyl (C=O) groups is 1. The van der Waals surface area contributed by atoms with Gasteiger partial charge in [-0.2, -0.15) is 5.26 Å². The normalized spacial score (nSPS) is 9.83. The third kappa shape index (κ3) is 4.52. The fourth-order valence-electron chi connectivity index (χ4n) is 1.46. The summed E-state index contributed by atoms with van der Waals surface area (Å²) in [5.74, 6) is -0.493. The second kappa shape index (κ2) is 7.41. The fraction of sp³-hybridized carbons (Fsp3) is 0.385. The van der Waals surface area contributed by atoms with Gasteiger partial charge in [0.15, 0.2) is 0 Å². The second-order valence-corrected chi connectivity index (χ2v) is 3.87. The van der Waals surface area contributed by atoms with Gasteiger partial charge < -0.3 is 10.6 Å². The maximum Gasteiger partial charge on any atom is 0.233 e. The molecule has 18 heavy (non-hydrogen) atoms. The number of nitrogens with zero attached hydrogens (tertiary/aromatic N) is 1. The van der Waals surface area contributed by atoms with Crippen molar-refractivity contribution in [2.45, 2.75) is 19.9 Å². The van der Waals surface area contributed by atoms with Crippen molar-refractivity contribution in [3.8, 4) is 6.07 Å². The molecule has 1 aromatic carbocycles. The van der Waals surface area contributed by atoms with Crippen LogP contribution in [-0.4, -0.2) is 19.0 Å². The lowest BCUT2D eigenvalue weighted by atomic mass is 10.1. The lowest BCUT2D eigenvalue weighted by Crippen LogP contribution is -2.34. The molecule has 96 valence electrons. The van der Waals surface area contributed by atoms with Crippen molar-refractivity contribution in [1.29, 1.82) is 5.26 Å². The molecule has 5 heteroatoms. The van der Waals surface area contributed by atoms with E-state index in [0.717, 1.165) is 6.42 Å². The van der Waals surface area contributed by atoms with Crippen molar-refractivity contribution in [3.05, 3.63) is 35.1 Å². The van der Waals surface area contributed by atoms with E-state index in [1.807, 2.05) is 13.0 Å². The molecule has 0 unspecified atom stereocenters. The number of hydrogen-bond donors (Lipinski definition) is 2. The summed E-state index contributed by atoms with van der Waals surface area (Å²) in [6.45, 7) is 3.06. The number of halogens is 1. The summed E-state index contributed by atoms with van der Waals surface area (Å²) in [5.41, 5.74) is 0.971. The van der Waals surface area contributed by atoms with Crippen molar-refractivity contribution >= 4 is 5.91 Å². The summed E-state index contributed by atoms with van der Waals surface area (Å²) in [7, 11) is 0. The van der Waals surface area contributed by atoms with Crippen LogP contribution < -0.4 is 10.6 Å². The van der Waals surface area contributed by atoms with Crippen LogP contribution in [0.15, 0.2) is 18.2 Å². The van der Waals surface area contributed by atoms with Gasteiger partial charge in [0, 0.05) is 13.1 Å². The van der Waals surface area contributed by atoms with Gasteiger partial charge in [0.05, 0.1) is 18.2 Å². The zero-order valence-corrected chi connectivity index (χ0v) is 10.3. The lowest BCUT2D eigenvalue weighted by molar-refractivity contribution is -0.120. The number of carbonyl (C=O) groups excluding carboxylic acids is 1. The Labute approximate surface area is 106 Å². The van der Waals surface area contributed by atoms with Crippen molar-refractivity contribution in [3.63, 3.8) is 0 Å². The van der Waals surface area contributed by atoms with Crippen LogP contribution in [0.5, 0.6) is 0 Å². The van der Waals surface area contributed by atoms with Gasteiger partial charge >= 0.3 is 0 Å². The summed E-state index contributed by atoms with van der Waals surface area (Å²) >= 11 is 0. The molecule has 1 rings (SSSR count). The van der Waals surface area contributed by atoms with Crippen molar-refractivity contribution in [2.75, 3.05) is 13.1 Å². The number of nitrogens with one attached hydrogen (secondary N) is 2. The number of amides is 1. The van der Waals surface area contributed by atoms with Crippen LogP contribution in [0, 0.1) is 17.1 Å². The van der Waals surface area contributed by atoms with E-state index in [2.05, 4.69) is 10.6 Å². The van der Waals surface area contributed by atoms with Gasteiger partial charge in [0.25, 0.3) is 0 Å². The summed E-state index contributed by atoms with van der Waals surface area (Å²) < 4.78 is 13.0. The van der Waals surface area contributed by atoms with Crippen molar-refractivity contribution in [2.24, 2.45) is 0 Å². The number of nitriles is 1. The molecule has 0 aromatic heterocycles. The molecule has 0 bridgehead atoms. The van der Waals surface area contributed by atoms with Gasteiger partial charge in [0.1, 0.15) is 5.82 Å². The molecular weight excluding hydrogens is 233 g/mol. The van der Waals surface area contributed by atoms with Crippen LogP contribution in [0.25, 0.3) is 0 Å². The third-order valence-corrected chi connectivity index (χ3v) is 2.36. The highest BCUT2D eigenvalue weighted by atomic mass is 19.1. The van der Waals surface area contributed by atoms with E-state index in [9.17, 15) is 9.18 Å². The van der Waals surface area contributed by atoms with Gasteiger partial charge in [-0.1, -0.05) is 6.92 Å². The van der Waals surface area contributed by atoms with Crippen LogP contribution in [0.4, 0.5) is 4.39 Å². The number of hydrogen-bond acceptors (Lipinski definition) is 3. The first-order chi connectivity index (χ1) is 8.67. The Balaban J connectivity index is 2.46. The van der Waals surface area contributed by atoms with E-state index in [1.165, 1.54) is 18.2 Å². The van der Waals surface area contributed by atoms with Crippen LogP contribution in [-0.2, 0) is 11.3 Å². The molecule has 4 nitrogen and oxygen atoms in total. The minimum Gasteiger partial charge on any atom is -0.355 e. The molecule has 0 atom stereocenters. The maximum atomic E-state index is 13.0. The van der Waals surface area contributed by atoms with Crippen LogP contribution in [0.1, 0.15) is 24.5 Å². The molecule has 0 saturated heterocycles. The topological polar surface area (TPSA) is 64.9 Å². The zero-order chi connectivity index (χ0) is 13.4. The summed E-state index contributed by atoms with van der Waals surface area (Å²) in [6.07, 6.45) is 0.883. The molecule has 1 amide bonds. The van der Waals surface area contributed by atoms with Crippen LogP contribution >= 0.6 is 0 Å². The van der Waals surface area contributed by atoms with E-state index in [1.54, 1.807) is 0 Å². The quantitative estimate of drug-likeness (QED) is 0.799. The molecule has 0 aliphatic rings. The largest absolute Gasteiger partial charge is 0.355 e. The molecule has 0 radical (unpaired) electrons. The van der Waals surface area contributed by atoms with Gasteiger partial charge in [-0.05, 0) is 30.2 Å². The first-order valence-corrected chi connectivity index (χ1v) is 5.83. The fourth-order valence-corrected chi connectivity index (χ4v) is 1.46. The molecule has 0 aliphatic carbocycles. The highest BCUT2D eigenvalue weighted by molar-refractivity contribution is 5.77. The lowest BCUT2D eigenvalue weighted by Gasteiger charge is -2.07. The molecule has 0 saturated carbocycles. The van der Waals surface area contributed by atoms with E-state index in [4.69, 9.17) is 5.26 Å². The smallest absolute Gasteiger partial charge is 0.233 e. The van der Waals surface area contributed by atoms with Crippen LogP contribution in [0.3, 0.4) is 0 Å². The van der Waals surface area contributed by atoms with Gasteiger partial charge in [0.2, 0.25) is 5.91 Å². The van der Waals surface area contributed by atoms with Crippen molar-refractivity contribution in [1.82, 2.24) is 10.6 Å². The third-order valence-electron chi connectivity index (χ3n) is 2.36. The number of benzene rings is 1. The minimum absolute atomic E-state index is 0.105. The standard InChI is InChI=1S/C13H16FN3O/c1-2-5-17-13(18)9-16-8-11-6-12(14)4-3-10(11)7-15/h3-4,6,16H,2,5,8-9H2,1H3,(H,17,18). The average molecular weight is 249 g/mol. The van der Waals surface area contributed by atoms with E-state index in [-0.39, 0.29) is 18.3 Å². The Bertz CT molecular complexity index is 454. The Morgan fingerprint density at radius 3 is 2.94 bits per heavy atom. The van der Waals surface area contributed by atoms with Crippen molar-refractivity contribution < 1.29 is 9.18 Å². The first-order valence-electron chi connectivity index (χ1n) is 5.83. The highest BCUT2D eigenvalue weighted by Crippen LogP contribution is 2.09. The molecule has 2 N–H and O–H groups in total. The first kappa shape index (κ1) is 14.1. The van der Waals surface area contributed by atoms with E-state index in [0.29, 0.717) is 24.2 Å². The predicted octanol–water partition coefficient (Wildman–Crippen LogP) is 1.31. The number of rotatable bonds is 6. The summed E-state index contributed by atoms with van der Waals surface area (Å²) in [4.78, 5) is 11.3. The molecular formula is C13H16FN3O. The Morgan fingerprint density at radius 1 is 1.50 bits per heavy atom. The molecule has 0 fully saturated rings. The monoisotopic (exact) mass is 249 g/mol. The average Bonchev–Trinajstić information content (AvgIpc) is 2.36. The maximum absolute atomic E-state index is 13.0. The van der Waals surface area contributed by atoms with E-state index < -0.39 is 0 Å². The molecule has 0 aliphatic heterocycles. The van der Waals surface area contributed by atoms with Crippen LogP contribution in [0.2, 0.25) is 0 Å². The second-order valence-electron chi connectivity index (χ2n) is 3.87. The molecule has 0 spiro atoms. The molecule has 1 aromatic rings. The van der Waals surface area contributed by atoms with Gasteiger partial charge in [-0.3, -0.25) is 4.79 Å².